The van der Waals surface area contributed by atoms with Crippen LogP contribution in [0.25, 0.3) is 0 Å². The highest BCUT2D eigenvalue weighted by Gasteiger charge is 1.85. The highest BCUT2D eigenvalue weighted by atomic mass is 16.6. The normalized spacial score (nSPS) is 7.58. The van der Waals surface area contributed by atoms with Crippen LogP contribution in [0.1, 0.15) is 118 Å². The maximum atomic E-state index is 9.82. The molecule has 0 aromatic heterocycles. The predicted molar refractivity (Wildman–Crippen MR) is 196 cm³/mol. The lowest BCUT2D eigenvalue weighted by Gasteiger charge is -1.89. The Kier molecular flexibility index (Phi) is 86.5. The number of rotatable bonds is 8. The summed E-state index contributed by atoms with van der Waals surface area (Å²) < 4.78 is 39.3. The molecule has 0 aliphatic heterocycles. The van der Waals surface area contributed by atoms with E-state index in [0.29, 0.717) is 52.9 Å². The Bertz CT molecular complexity index is 694. The fourth-order valence-electron chi connectivity index (χ4n) is 1.63. The molecule has 0 atom stereocenters. The minimum atomic E-state index is -0.245. The third-order valence-electron chi connectivity index (χ3n) is 3.07. The van der Waals surface area contributed by atoms with E-state index in [0.717, 1.165) is 0 Å². The number of methoxy groups -OCH3 is 1. The zero-order chi connectivity index (χ0) is 44.2. The summed E-state index contributed by atoms with van der Waals surface area (Å²) in [6.07, 6.45) is 0. The predicted octanol–water partition coefficient (Wildman–Crippen LogP) is 4.73. The highest BCUT2D eigenvalue weighted by molar-refractivity contribution is 5.67. The third-order valence-corrected chi connectivity index (χ3v) is 3.07. The van der Waals surface area contributed by atoms with Crippen molar-refractivity contribution in [2.45, 2.75) is 118 Å². The van der Waals surface area contributed by atoms with Crippen molar-refractivity contribution in [2.24, 2.45) is 0 Å². The second-order valence-electron chi connectivity index (χ2n) is 8.09. The molecule has 0 aromatic rings. The molecule has 0 unspecified atom stereocenters. The van der Waals surface area contributed by atoms with Gasteiger partial charge in [0.15, 0.2) is 0 Å². The molecule has 0 saturated carbocycles. The molecule has 0 rings (SSSR count). The van der Waals surface area contributed by atoms with Crippen molar-refractivity contribution in [3.05, 3.63) is 0 Å². The smallest absolute Gasteiger partial charge is 0.302 e. The van der Waals surface area contributed by atoms with Crippen LogP contribution in [0.5, 0.6) is 0 Å². The topological polar surface area (TPSA) is 237 Å². The summed E-state index contributed by atoms with van der Waals surface area (Å²) in [6.45, 7) is 30.6. The van der Waals surface area contributed by atoms with E-state index in [4.69, 9.17) is 0 Å². The molecule has 0 amide bonds. The monoisotopic (exact) mass is 778 g/mol. The summed E-state index contributed by atoms with van der Waals surface area (Å²) in [5, 5.41) is 0. The van der Waals surface area contributed by atoms with Crippen molar-refractivity contribution in [3.63, 3.8) is 0 Å². The van der Waals surface area contributed by atoms with Gasteiger partial charge < -0.3 is 42.6 Å². The molecule has 0 spiro atoms. The summed E-state index contributed by atoms with van der Waals surface area (Å²) >= 11 is 0. The van der Waals surface area contributed by atoms with Crippen molar-refractivity contribution in [1.82, 2.24) is 0 Å². The SMILES string of the molecule is CCOC(C)=O.CCOC(C)=O.CCOC(C)=O.CCOC(C)=O.CCOC(C)=O.CCOC(C)=O.CCOC(C)=O.CCOC(C)=O.COC(C)=O. The molecule has 0 bridgehead atoms. The average molecular weight is 779 g/mol. The van der Waals surface area contributed by atoms with Gasteiger partial charge in [-0.2, -0.15) is 0 Å². The van der Waals surface area contributed by atoms with E-state index in [-0.39, 0.29) is 53.7 Å². The standard InChI is InChI=1S/8C4H8O2.C3H6O2/c8*1-3-6-4(2)5;1-3(4)5-2/h8*3H2,1-2H3;1-2H3. The van der Waals surface area contributed by atoms with Gasteiger partial charge in [0.1, 0.15) is 0 Å². The first-order valence-electron chi connectivity index (χ1n) is 16.5. The van der Waals surface area contributed by atoms with Gasteiger partial charge in [-0.3, -0.25) is 43.2 Å². The minimum Gasteiger partial charge on any atom is -0.469 e. The number of hydrogen-bond donors (Lipinski definition) is 0. The highest BCUT2D eigenvalue weighted by Crippen LogP contribution is 1.73. The summed E-state index contributed by atoms with van der Waals surface area (Å²) in [4.78, 5) is 88.2. The Morgan fingerprint density at radius 1 is 0.245 bits per heavy atom. The van der Waals surface area contributed by atoms with Crippen LogP contribution in [0.3, 0.4) is 0 Å². The number of ether oxygens (including phenoxy) is 9. The molecule has 318 valence electrons. The van der Waals surface area contributed by atoms with Crippen LogP contribution in [0.15, 0.2) is 0 Å². The lowest BCUT2D eigenvalue weighted by Crippen LogP contribution is -1.95. The number of carbonyl (C=O) groups is 9. The number of hydrogen-bond acceptors (Lipinski definition) is 18. The van der Waals surface area contributed by atoms with E-state index >= 15 is 0 Å². The molecule has 0 saturated heterocycles. The molecule has 18 heteroatoms. The van der Waals surface area contributed by atoms with E-state index in [2.05, 4.69) is 42.6 Å². The van der Waals surface area contributed by atoms with Gasteiger partial charge in [-0.05, 0) is 55.4 Å². The van der Waals surface area contributed by atoms with Crippen LogP contribution < -0.4 is 0 Å². The third kappa shape index (κ3) is 214. The summed E-state index contributed by atoms with van der Waals surface area (Å²) in [6, 6.07) is 0. The van der Waals surface area contributed by atoms with E-state index in [1.807, 2.05) is 0 Å². The van der Waals surface area contributed by atoms with Gasteiger partial charge >= 0.3 is 53.7 Å². The molecule has 0 aliphatic carbocycles. The van der Waals surface area contributed by atoms with Crippen molar-refractivity contribution >= 4 is 53.7 Å². The minimum absolute atomic E-state index is 0.211. The number of esters is 9. The molecule has 0 N–H and O–H groups in total. The maximum absolute atomic E-state index is 9.82. The fourth-order valence-corrected chi connectivity index (χ4v) is 1.63. The summed E-state index contributed by atoms with van der Waals surface area (Å²) in [5.74, 6) is -1.93. The first-order valence-corrected chi connectivity index (χ1v) is 16.5. The van der Waals surface area contributed by atoms with Crippen LogP contribution in [-0.2, 0) is 85.8 Å². The Balaban J connectivity index is -0.0000000587. The lowest BCUT2D eigenvalue weighted by atomic mass is 10.8. The molecule has 18 nitrogen and oxygen atoms in total. The second-order valence-corrected chi connectivity index (χ2v) is 8.09. The van der Waals surface area contributed by atoms with Gasteiger partial charge in [0, 0.05) is 62.3 Å². The second kappa shape index (κ2) is 65.6. The summed E-state index contributed by atoms with van der Waals surface area (Å²) in [5.41, 5.74) is 0. The Morgan fingerprint density at radius 3 is 0.321 bits per heavy atom. The molecular formula is C35H70O18. The van der Waals surface area contributed by atoms with Gasteiger partial charge in [0.2, 0.25) is 0 Å². The molecule has 53 heavy (non-hydrogen) atoms. The molecule has 0 fully saturated rings. The van der Waals surface area contributed by atoms with Crippen LogP contribution in [0, 0.1) is 0 Å². The van der Waals surface area contributed by atoms with Crippen molar-refractivity contribution in [1.29, 1.82) is 0 Å². The van der Waals surface area contributed by atoms with Gasteiger partial charge in [-0.1, -0.05) is 0 Å². The van der Waals surface area contributed by atoms with Gasteiger partial charge in [-0.25, -0.2) is 0 Å². The largest absolute Gasteiger partial charge is 0.469 e. The Hall–Kier alpha value is -4.77. The molecule has 0 radical (unpaired) electrons. The van der Waals surface area contributed by atoms with Gasteiger partial charge in [-0.15, -0.1) is 0 Å². The lowest BCUT2D eigenvalue weighted by molar-refractivity contribution is -0.141. The fraction of sp³-hybridized carbons (Fsp3) is 0.743. The van der Waals surface area contributed by atoms with Crippen LogP contribution in [-0.4, -0.2) is 114 Å². The van der Waals surface area contributed by atoms with Crippen molar-refractivity contribution in [3.8, 4) is 0 Å². The molecular weight excluding hydrogens is 708 g/mol. The van der Waals surface area contributed by atoms with E-state index in [9.17, 15) is 43.2 Å². The van der Waals surface area contributed by atoms with E-state index < -0.39 is 0 Å². The van der Waals surface area contributed by atoms with Gasteiger partial charge in [0.25, 0.3) is 0 Å². The molecule has 0 heterocycles. The first-order chi connectivity index (χ1) is 24.4. The van der Waals surface area contributed by atoms with Gasteiger partial charge in [0.05, 0.1) is 60.0 Å². The van der Waals surface area contributed by atoms with E-state index in [1.54, 1.807) is 55.4 Å². The zero-order valence-corrected chi connectivity index (χ0v) is 35.5. The zero-order valence-electron chi connectivity index (χ0n) is 35.5. The van der Waals surface area contributed by atoms with Crippen molar-refractivity contribution < 1.29 is 85.8 Å². The molecule has 0 aromatic carbocycles. The first kappa shape index (κ1) is 69.9. The van der Waals surface area contributed by atoms with Crippen LogP contribution in [0.4, 0.5) is 0 Å². The summed E-state index contributed by atoms with van der Waals surface area (Å²) in [7, 11) is 1.35. The Morgan fingerprint density at radius 2 is 0.321 bits per heavy atom. The van der Waals surface area contributed by atoms with Crippen LogP contribution in [0.2, 0.25) is 0 Å². The number of carbonyl (C=O) groups excluding carboxylic acids is 9. The van der Waals surface area contributed by atoms with E-state index in [1.165, 1.54) is 69.4 Å². The molecule has 0 aliphatic rings. The van der Waals surface area contributed by atoms with Crippen LogP contribution >= 0.6 is 0 Å². The van der Waals surface area contributed by atoms with Crippen molar-refractivity contribution in [2.75, 3.05) is 60.0 Å². The Labute approximate surface area is 317 Å². The quantitative estimate of drug-likeness (QED) is 0.239. The maximum Gasteiger partial charge on any atom is 0.302 e. The average Bonchev–Trinajstić information content (AvgIpc) is 2.99.